The molecule has 0 radical (unpaired) electrons. The molecule has 106 valence electrons. The summed E-state index contributed by atoms with van der Waals surface area (Å²) in [5, 5.41) is 12.1. The molecule has 0 amide bonds. The van der Waals surface area contributed by atoms with Gasteiger partial charge in [-0.1, -0.05) is 0 Å². The Labute approximate surface area is 107 Å². The first kappa shape index (κ1) is 16.3. The van der Waals surface area contributed by atoms with E-state index in [0.717, 1.165) is 32.4 Å². The van der Waals surface area contributed by atoms with Crippen molar-refractivity contribution in [3.8, 4) is 0 Å². The summed E-state index contributed by atoms with van der Waals surface area (Å²) < 4.78 is 0. The lowest BCUT2D eigenvalue weighted by Gasteiger charge is -2.13. The van der Waals surface area contributed by atoms with Crippen molar-refractivity contribution in [1.82, 2.24) is 10.4 Å². The lowest BCUT2D eigenvalue weighted by atomic mass is 10.3. The number of hydrazone groups is 2. The third-order valence-corrected chi connectivity index (χ3v) is 1.98. The fraction of sp³-hybridized carbons (Fsp3) is 0.778. The highest BCUT2D eigenvalue weighted by Gasteiger charge is 2.00. The van der Waals surface area contributed by atoms with E-state index in [4.69, 9.17) is 28.7 Å². The minimum Gasteiger partial charge on any atom is -0.369 e. The largest absolute Gasteiger partial charge is 0.369 e. The van der Waals surface area contributed by atoms with E-state index >= 15 is 0 Å². The maximum atomic E-state index is 5.38. The van der Waals surface area contributed by atoms with Gasteiger partial charge in [0.1, 0.15) is 0 Å². The monoisotopic (exact) mass is 259 g/mol. The van der Waals surface area contributed by atoms with E-state index in [1.807, 2.05) is 0 Å². The summed E-state index contributed by atoms with van der Waals surface area (Å²) in [5.41, 5.74) is 26.4. The van der Waals surface area contributed by atoms with Gasteiger partial charge >= 0.3 is 0 Å². The van der Waals surface area contributed by atoms with Gasteiger partial charge in [0, 0.05) is 0 Å². The standard InChI is InChI=1S/C9H25N9/c10-4-3-6-15-5-1-2-7-18(16-8(11)12)17-9(13)14/h15H,1-7,10H2,(H4,11,12,16)(H4,13,14,17). The van der Waals surface area contributed by atoms with E-state index in [0.29, 0.717) is 13.1 Å². The number of hydrogen-bond donors (Lipinski definition) is 6. The van der Waals surface area contributed by atoms with Crippen LogP contribution >= 0.6 is 0 Å². The zero-order valence-electron chi connectivity index (χ0n) is 10.7. The summed E-state index contributed by atoms with van der Waals surface area (Å²) in [6.45, 7) is 3.10. The molecule has 0 aliphatic rings. The van der Waals surface area contributed by atoms with E-state index in [2.05, 4.69) is 15.5 Å². The molecule has 0 spiro atoms. The number of unbranched alkanes of at least 4 members (excludes halogenated alkanes) is 1. The van der Waals surface area contributed by atoms with Gasteiger partial charge in [-0.05, 0) is 38.9 Å². The zero-order chi connectivity index (χ0) is 13.8. The van der Waals surface area contributed by atoms with E-state index in [-0.39, 0.29) is 11.9 Å². The summed E-state index contributed by atoms with van der Waals surface area (Å²) in [5.74, 6) is -0.165. The van der Waals surface area contributed by atoms with Crippen LogP contribution in [0.2, 0.25) is 0 Å². The Balaban J connectivity index is 3.77. The van der Waals surface area contributed by atoms with Crippen LogP contribution in [0, 0.1) is 0 Å². The van der Waals surface area contributed by atoms with Crippen LogP contribution in [-0.2, 0) is 0 Å². The number of guanidine groups is 2. The topological polar surface area (TPSA) is 170 Å². The van der Waals surface area contributed by atoms with Gasteiger partial charge in [0.05, 0.1) is 6.54 Å². The van der Waals surface area contributed by atoms with Gasteiger partial charge < -0.3 is 34.0 Å². The van der Waals surface area contributed by atoms with Crippen LogP contribution in [0.25, 0.3) is 0 Å². The van der Waals surface area contributed by atoms with E-state index in [1.54, 1.807) is 0 Å². The number of nitrogens with two attached hydrogens (primary N) is 5. The van der Waals surface area contributed by atoms with Crippen molar-refractivity contribution in [3.05, 3.63) is 0 Å². The average Bonchev–Trinajstić information content (AvgIpc) is 2.26. The Morgan fingerprint density at radius 1 is 0.889 bits per heavy atom. The van der Waals surface area contributed by atoms with Crippen molar-refractivity contribution in [1.29, 1.82) is 0 Å². The highest BCUT2D eigenvalue weighted by molar-refractivity contribution is 5.76. The first-order chi connectivity index (χ1) is 8.56. The molecule has 0 rings (SSSR count). The summed E-state index contributed by atoms with van der Waals surface area (Å²) in [6, 6.07) is 0. The molecule has 0 aliphatic carbocycles. The zero-order valence-corrected chi connectivity index (χ0v) is 10.7. The molecule has 0 heterocycles. The second-order valence-electron chi connectivity index (χ2n) is 3.74. The molecule has 0 aliphatic heterocycles. The number of hydrogen-bond acceptors (Lipinski definition) is 5. The molecule has 11 N–H and O–H groups in total. The van der Waals surface area contributed by atoms with Crippen LogP contribution in [0.1, 0.15) is 19.3 Å². The van der Waals surface area contributed by atoms with Gasteiger partial charge in [0.25, 0.3) is 0 Å². The van der Waals surface area contributed by atoms with Crippen molar-refractivity contribution in [2.24, 2.45) is 38.9 Å². The molecule has 18 heavy (non-hydrogen) atoms. The first-order valence-corrected chi connectivity index (χ1v) is 5.93. The second-order valence-corrected chi connectivity index (χ2v) is 3.74. The first-order valence-electron chi connectivity index (χ1n) is 5.93. The van der Waals surface area contributed by atoms with Crippen molar-refractivity contribution in [3.63, 3.8) is 0 Å². The Kier molecular flexibility index (Phi) is 9.41. The smallest absolute Gasteiger partial charge is 0.210 e. The highest BCUT2D eigenvalue weighted by Crippen LogP contribution is 1.96. The summed E-state index contributed by atoms with van der Waals surface area (Å²) in [6.07, 6.45) is 2.82. The molecule has 0 saturated carbocycles. The normalized spacial score (nSPS) is 9.83. The molecule has 0 bridgehead atoms. The average molecular weight is 259 g/mol. The SMILES string of the molecule is NCCCNCCCCN(N=C(N)N)N=C(N)N. The molecule has 0 saturated heterocycles. The van der Waals surface area contributed by atoms with Gasteiger partial charge in [0.2, 0.25) is 11.9 Å². The molecule has 0 aromatic heterocycles. The minimum atomic E-state index is -0.0823. The number of nitrogens with zero attached hydrogens (tertiary/aromatic N) is 3. The second kappa shape index (κ2) is 10.4. The van der Waals surface area contributed by atoms with Crippen molar-refractivity contribution in [2.75, 3.05) is 26.2 Å². The van der Waals surface area contributed by atoms with E-state index in [1.165, 1.54) is 5.12 Å². The van der Waals surface area contributed by atoms with Gasteiger partial charge in [-0.3, -0.25) is 0 Å². The summed E-state index contributed by atoms with van der Waals surface area (Å²) in [7, 11) is 0. The lowest BCUT2D eigenvalue weighted by molar-refractivity contribution is 0.294. The quantitative estimate of drug-likeness (QED) is 0.108. The highest BCUT2D eigenvalue weighted by atomic mass is 15.7. The van der Waals surface area contributed by atoms with Gasteiger partial charge in [-0.15, -0.1) is 10.2 Å². The van der Waals surface area contributed by atoms with Crippen LogP contribution in [0.5, 0.6) is 0 Å². The summed E-state index contributed by atoms with van der Waals surface area (Å²) in [4.78, 5) is 0. The molecule has 0 atom stereocenters. The molecular formula is C9H25N9. The Morgan fingerprint density at radius 2 is 1.44 bits per heavy atom. The Bertz CT molecular complexity index is 237. The number of rotatable bonds is 10. The van der Waals surface area contributed by atoms with Crippen molar-refractivity contribution < 1.29 is 0 Å². The molecule has 0 aromatic carbocycles. The number of nitrogens with one attached hydrogen (secondary N) is 1. The Morgan fingerprint density at radius 3 is 1.94 bits per heavy atom. The maximum Gasteiger partial charge on any atom is 0.210 e. The van der Waals surface area contributed by atoms with Crippen LogP contribution in [-0.4, -0.2) is 43.2 Å². The molecule has 9 heteroatoms. The molecule has 0 fully saturated rings. The maximum absolute atomic E-state index is 5.38. The van der Waals surface area contributed by atoms with E-state index in [9.17, 15) is 0 Å². The molecule has 9 nitrogen and oxygen atoms in total. The predicted molar refractivity (Wildman–Crippen MR) is 74.1 cm³/mol. The van der Waals surface area contributed by atoms with Gasteiger partial charge in [-0.25, -0.2) is 0 Å². The Hall–Kier alpha value is -1.74. The van der Waals surface area contributed by atoms with Crippen LogP contribution < -0.4 is 34.0 Å². The minimum absolute atomic E-state index is 0.0823. The molecule has 0 unspecified atom stereocenters. The van der Waals surface area contributed by atoms with Gasteiger partial charge in [-0.2, -0.15) is 5.12 Å². The predicted octanol–water partition coefficient (Wildman–Crippen LogP) is -2.62. The lowest BCUT2D eigenvalue weighted by Crippen LogP contribution is -2.31. The fourth-order valence-corrected chi connectivity index (χ4v) is 1.24. The molecular weight excluding hydrogens is 234 g/mol. The fourth-order valence-electron chi connectivity index (χ4n) is 1.24. The third-order valence-electron chi connectivity index (χ3n) is 1.98. The van der Waals surface area contributed by atoms with Crippen molar-refractivity contribution in [2.45, 2.75) is 19.3 Å². The van der Waals surface area contributed by atoms with Crippen LogP contribution in [0.15, 0.2) is 10.2 Å². The summed E-state index contributed by atoms with van der Waals surface area (Å²) >= 11 is 0. The van der Waals surface area contributed by atoms with Gasteiger partial charge in [0.15, 0.2) is 0 Å². The van der Waals surface area contributed by atoms with Crippen molar-refractivity contribution >= 4 is 11.9 Å². The molecule has 0 aromatic rings. The third kappa shape index (κ3) is 10.8. The van der Waals surface area contributed by atoms with Crippen LogP contribution in [0.3, 0.4) is 0 Å². The van der Waals surface area contributed by atoms with E-state index < -0.39 is 0 Å². The van der Waals surface area contributed by atoms with Crippen LogP contribution in [0.4, 0.5) is 0 Å².